The largest absolute Gasteiger partial charge is 0.454 e. The summed E-state index contributed by atoms with van der Waals surface area (Å²) >= 11 is 14.5. The molecule has 1 aliphatic heterocycles. The molecule has 1 amide bonds. The van der Waals surface area contributed by atoms with E-state index in [1.54, 1.807) is 41.3 Å². The number of rotatable bonds is 5. The molecule has 1 atom stereocenters. The first-order chi connectivity index (χ1) is 16.4. The minimum absolute atomic E-state index is 0.0218. The Labute approximate surface area is 209 Å². The van der Waals surface area contributed by atoms with Gasteiger partial charge < -0.3 is 4.74 Å². The first-order valence-electron chi connectivity index (χ1n) is 10.2. The minimum Gasteiger partial charge on any atom is -0.454 e. The highest BCUT2D eigenvalue weighted by Crippen LogP contribution is 2.45. The van der Waals surface area contributed by atoms with Crippen molar-refractivity contribution in [1.29, 1.82) is 0 Å². The SMILES string of the molecule is O=C1CS[C@H](c2cccc([N+](=O)[O-])c2)N1c1ccc(Oc2ccc3ccccc3c2Cl)c(Cl)c1. The summed E-state index contributed by atoms with van der Waals surface area (Å²) in [6, 6.07) is 22.8. The number of hydrogen-bond donors (Lipinski definition) is 0. The van der Waals surface area contributed by atoms with Crippen LogP contribution in [-0.2, 0) is 4.79 Å². The van der Waals surface area contributed by atoms with E-state index in [9.17, 15) is 14.9 Å². The van der Waals surface area contributed by atoms with Crippen molar-refractivity contribution in [2.45, 2.75) is 5.37 Å². The molecular weight excluding hydrogens is 495 g/mol. The van der Waals surface area contributed by atoms with E-state index < -0.39 is 10.3 Å². The maximum Gasteiger partial charge on any atom is 0.269 e. The number of amides is 1. The zero-order valence-corrected chi connectivity index (χ0v) is 19.8. The Hall–Kier alpha value is -3.26. The van der Waals surface area contributed by atoms with Crippen molar-refractivity contribution in [3.8, 4) is 11.5 Å². The fourth-order valence-corrected chi connectivity index (χ4v) is 5.53. The molecule has 1 saturated heterocycles. The number of nitro groups is 1. The molecule has 34 heavy (non-hydrogen) atoms. The lowest BCUT2D eigenvalue weighted by molar-refractivity contribution is -0.384. The molecule has 0 unspecified atom stereocenters. The summed E-state index contributed by atoms with van der Waals surface area (Å²) in [5, 5.41) is 13.5. The van der Waals surface area contributed by atoms with Gasteiger partial charge in [-0.25, -0.2) is 0 Å². The molecule has 4 aromatic carbocycles. The molecule has 9 heteroatoms. The summed E-state index contributed by atoms with van der Waals surface area (Å²) in [4.78, 5) is 25.1. The molecule has 1 heterocycles. The van der Waals surface area contributed by atoms with Crippen LogP contribution in [0.5, 0.6) is 11.5 Å². The number of anilines is 1. The Bertz CT molecular complexity index is 1450. The van der Waals surface area contributed by atoms with Crippen molar-refractivity contribution >= 4 is 63.0 Å². The normalized spacial score (nSPS) is 15.6. The molecule has 0 bridgehead atoms. The van der Waals surface area contributed by atoms with Gasteiger partial charge in [0.2, 0.25) is 5.91 Å². The van der Waals surface area contributed by atoms with E-state index in [1.165, 1.54) is 23.9 Å². The fraction of sp³-hybridized carbons (Fsp3) is 0.0800. The summed E-state index contributed by atoms with van der Waals surface area (Å²) in [7, 11) is 0. The first-order valence-corrected chi connectivity index (χ1v) is 12.1. The number of fused-ring (bicyclic) bond motifs is 1. The molecule has 6 nitrogen and oxygen atoms in total. The average molecular weight is 511 g/mol. The first kappa shape index (κ1) is 22.5. The van der Waals surface area contributed by atoms with Gasteiger partial charge in [0.25, 0.3) is 5.69 Å². The van der Waals surface area contributed by atoms with E-state index in [0.29, 0.717) is 32.8 Å². The van der Waals surface area contributed by atoms with Crippen LogP contribution >= 0.6 is 35.0 Å². The molecule has 0 N–H and O–H groups in total. The number of nitrogens with zero attached hydrogens (tertiary/aromatic N) is 2. The van der Waals surface area contributed by atoms with Crippen LogP contribution < -0.4 is 9.64 Å². The lowest BCUT2D eigenvalue weighted by Gasteiger charge is -2.25. The Balaban J connectivity index is 1.45. The highest BCUT2D eigenvalue weighted by atomic mass is 35.5. The lowest BCUT2D eigenvalue weighted by Crippen LogP contribution is -2.27. The maximum atomic E-state index is 12.7. The fourth-order valence-electron chi connectivity index (χ4n) is 3.87. The predicted molar refractivity (Wildman–Crippen MR) is 136 cm³/mol. The number of thioether (sulfide) groups is 1. The summed E-state index contributed by atoms with van der Waals surface area (Å²) in [6.07, 6.45) is 0. The Kier molecular flexibility index (Phi) is 6.08. The zero-order chi connectivity index (χ0) is 23.8. The monoisotopic (exact) mass is 510 g/mol. The van der Waals surface area contributed by atoms with Gasteiger partial charge >= 0.3 is 0 Å². The predicted octanol–water partition coefficient (Wildman–Crippen LogP) is 7.63. The minimum atomic E-state index is -0.448. The van der Waals surface area contributed by atoms with Crippen molar-refractivity contribution in [3.63, 3.8) is 0 Å². The topological polar surface area (TPSA) is 72.7 Å². The molecule has 1 fully saturated rings. The number of halogens is 2. The van der Waals surface area contributed by atoms with Crippen LogP contribution in [-0.4, -0.2) is 16.6 Å². The van der Waals surface area contributed by atoms with Gasteiger partial charge in [-0.2, -0.15) is 0 Å². The van der Waals surface area contributed by atoms with Crippen molar-refractivity contribution < 1.29 is 14.5 Å². The van der Waals surface area contributed by atoms with Crippen LogP contribution in [0, 0.1) is 10.1 Å². The van der Waals surface area contributed by atoms with Crippen molar-refractivity contribution in [2.75, 3.05) is 10.7 Å². The van der Waals surface area contributed by atoms with Gasteiger partial charge in [0.05, 0.1) is 20.7 Å². The number of carbonyl (C=O) groups excluding carboxylic acids is 1. The number of nitro benzene ring substituents is 1. The lowest BCUT2D eigenvalue weighted by atomic mass is 10.1. The van der Waals surface area contributed by atoms with Gasteiger partial charge in [0.1, 0.15) is 16.9 Å². The van der Waals surface area contributed by atoms with Gasteiger partial charge in [-0.3, -0.25) is 19.8 Å². The highest BCUT2D eigenvalue weighted by Gasteiger charge is 2.35. The molecule has 0 radical (unpaired) electrons. The molecule has 0 saturated carbocycles. The van der Waals surface area contributed by atoms with Crippen LogP contribution in [0.4, 0.5) is 11.4 Å². The molecule has 4 aromatic rings. The third-order valence-electron chi connectivity index (χ3n) is 5.48. The smallest absolute Gasteiger partial charge is 0.269 e. The Morgan fingerprint density at radius 2 is 1.76 bits per heavy atom. The Morgan fingerprint density at radius 1 is 0.971 bits per heavy atom. The van der Waals surface area contributed by atoms with E-state index in [4.69, 9.17) is 27.9 Å². The van der Waals surface area contributed by atoms with Crippen LogP contribution in [0.1, 0.15) is 10.9 Å². The van der Waals surface area contributed by atoms with Crippen molar-refractivity contribution in [1.82, 2.24) is 0 Å². The maximum absolute atomic E-state index is 12.7. The second-order valence-electron chi connectivity index (χ2n) is 7.59. The van der Waals surface area contributed by atoms with E-state index in [1.807, 2.05) is 30.3 Å². The molecule has 1 aliphatic rings. The number of benzene rings is 4. The van der Waals surface area contributed by atoms with Crippen LogP contribution in [0.15, 0.2) is 78.9 Å². The van der Waals surface area contributed by atoms with Gasteiger partial charge in [-0.15, -0.1) is 11.8 Å². The van der Waals surface area contributed by atoms with E-state index in [2.05, 4.69) is 0 Å². The van der Waals surface area contributed by atoms with E-state index in [-0.39, 0.29) is 17.3 Å². The van der Waals surface area contributed by atoms with Crippen LogP contribution in [0.25, 0.3) is 10.8 Å². The highest BCUT2D eigenvalue weighted by molar-refractivity contribution is 8.00. The molecule has 0 aromatic heterocycles. The summed E-state index contributed by atoms with van der Waals surface area (Å²) in [5.41, 5.74) is 1.23. The molecular formula is C25H16Cl2N2O4S. The van der Waals surface area contributed by atoms with Crippen molar-refractivity contribution in [2.24, 2.45) is 0 Å². The van der Waals surface area contributed by atoms with Crippen molar-refractivity contribution in [3.05, 3.63) is 105 Å². The van der Waals surface area contributed by atoms with Crippen LogP contribution in [0.2, 0.25) is 10.0 Å². The average Bonchev–Trinajstić information content (AvgIpc) is 3.23. The van der Waals surface area contributed by atoms with E-state index in [0.717, 1.165) is 10.8 Å². The zero-order valence-electron chi connectivity index (χ0n) is 17.5. The third kappa shape index (κ3) is 4.18. The molecule has 0 spiro atoms. The second kappa shape index (κ2) is 9.18. The van der Waals surface area contributed by atoms with Gasteiger partial charge in [-0.05, 0) is 35.2 Å². The number of ether oxygens (including phenoxy) is 1. The molecule has 0 aliphatic carbocycles. The standard InChI is InChI=1S/C25H16Cl2N2O4S/c26-20-13-17(28-23(30)14-34-25(28)16-5-3-6-18(12-16)29(31)32)9-11-21(20)33-22-10-8-15-4-1-2-7-19(15)24(22)27/h1-13,25H,14H2/t25-/m1/s1. The number of hydrogen-bond acceptors (Lipinski definition) is 5. The molecule has 5 rings (SSSR count). The summed E-state index contributed by atoms with van der Waals surface area (Å²) in [5.74, 6) is 1.02. The quantitative estimate of drug-likeness (QED) is 0.204. The Morgan fingerprint density at radius 3 is 2.56 bits per heavy atom. The number of non-ortho nitro benzene ring substituents is 1. The van der Waals surface area contributed by atoms with Crippen LogP contribution in [0.3, 0.4) is 0 Å². The van der Waals surface area contributed by atoms with E-state index >= 15 is 0 Å². The molecule has 170 valence electrons. The third-order valence-corrected chi connectivity index (χ3v) is 7.37. The van der Waals surface area contributed by atoms with Gasteiger partial charge in [-0.1, -0.05) is 65.7 Å². The van der Waals surface area contributed by atoms with Gasteiger partial charge in [0.15, 0.2) is 0 Å². The summed E-state index contributed by atoms with van der Waals surface area (Å²) < 4.78 is 6.00. The summed E-state index contributed by atoms with van der Waals surface area (Å²) in [6.45, 7) is 0. The second-order valence-corrected chi connectivity index (χ2v) is 9.45. The van der Waals surface area contributed by atoms with Gasteiger partial charge in [0, 0.05) is 23.2 Å². The number of carbonyl (C=O) groups is 1.